The van der Waals surface area contributed by atoms with Crippen LogP contribution in [0.4, 0.5) is 0 Å². The zero-order chi connectivity index (χ0) is 66.2. The van der Waals surface area contributed by atoms with Crippen LogP contribution in [-0.2, 0) is 0 Å². The van der Waals surface area contributed by atoms with Gasteiger partial charge in [-0.25, -0.2) is 0 Å². The van der Waals surface area contributed by atoms with Gasteiger partial charge in [-0.1, -0.05) is 231 Å². The highest BCUT2D eigenvalue weighted by molar-refractivity contribution is 6.31. The van der Waals surface area contributed by atoms with Gasteiger partial charge in [0.15, 0.2) is 0 Å². The molecule has 0 atom stereocenters. The molecule has 0 fully saturated rings. The van der Waals surface area contributed by atoms with Gasteiger partial charge >= 0.3 is 0 Å². The molecule has 15 aromatic carbocycles. The fourth-order valence-electron chi connectivity index (χ4n) is 18.5. The first-order valence-corrected chi connectivity index (χ1v) is 35.3. The molecule has 0 saturated heterocycles. The van der Waals surface area contributed by atoms with Crippen molar-refractivity contribution in [2.24, 2.45) is 0 Å². The van der Waals surface area contributed by atoms with E-state index in [-0.39, 0.29) is 0 Å². The van der Waals surface area contributed by atoms with Crippen LogP contribution in [0.2, 0.25) is 0 Å². The Morgan fingerprint density at radius 1 is 0.157 bits per heavy atom. The van der Waals surface area contributed by atoms with Crippen LogP contribution in [0.3, 0.4) is 0 Å². The van der Waals surface area contributed by atoms with Gasteiger partial charge in [0.25, 0.3) is 0 Å². The molecule has 102 heavy (non-hydrogen) atoms. The minimum atomic E-state index is 1.12. The summed E-state index contributed by atoms with van der Waals surface area (Å²) in [6, 6.07) is 121. The molecule has 0 amide bonds. The second-order valence-electron chi connectivity index (χ2n) is 28.0. The third-order valence-corrected chi connectivity index (χ3v) is 22.8. The maximum Gasteiger partial charge on any atom is 0.0640 e. The van der Waals surface area contributed by atoms with Gasteiger partial charge in [-0.3, -0.25) is 0 Å². The van der Waals surface area contributed by atoms with Crippen LogP contribution < -0.4 is 0 Å². The third-order valence-electron chi connectivity index (χ3n) is 22.8. The van der Waals surface area contributed by atoms with Gasteiger partial charge in [-0.15, -0.1) is 0 Å². The fourth-order valence-corrected chi connectivity index (χ4v) is 18.5. The first-order chi connectivity index (χ1) is 50.6. The number of nitrogens with zero attached hydrogens (tertiary/aromatic N) is 6. The Balaban J connectivity index is 0.728. The number of para-hydroxylation sites is 3. The van der Waals surface area contributed by atoms with Crippen LogP contribution in [0, 0.1) is 0 Å². The number of hydrogen-bond donors (Lipinski definition) is 0. The quantitative estimate of drug-likeness (QED) is 0.154. The van der Waals surface area contributed by atoms with Crippen molar-refractivity contribution in [3.8, 4) is 39.3 Å². The van der Waals surface area contributed by atoms with Crippen molar-refractivity contribution in [1.29, 1.82) is 0 Å². The second kappa shape index (κ2) is 20.0. The van der Waals surface area contributed by atoms with Gasteiger partial charge in [0.05, 0.1) is 66.2 Å². The largest absolute Gasteiger partial charge is 0.315 e. The summed E-state index contributed by atoms with van der Waals surface area (Å²) in [4.78, 5) is 0. The van der Waals surface area contributed by atoms with Crippen molar-refractivity contribution in [2.75, 3.05) is 0 Å². The average molecular weight is 1290 g/mol. The summed E-state index contributed by atoms with van der Waals surface area (Å²) >= 11 is 0. The first-order valence-electron chi connectivity index (χ1n) is 35.3. The number of benzene rings is 15. The molecule has 9 aromatic heterocycles. The van der Waals surface area contributed by atoms with Crippen LogP contribution in [0.5, 0.6) is 0 Å². The molecule has 0 N–H and O–H groups in total. The molecule has 0 saturated carbocycles. The molecule has 9 heterocycles. The zero-order valence-electron chi connectivity index (χ0n) is 55.0. The SMILES string of the molecule is c1ccc(-n2c3ccc(-c4cccc(-n5c6ccccc6c6ccc7c(c8ccccc8c8c9ccccc9cn78)c65)c4)cc3c3cc4c(cc32)c2cc(-c3ccc5c6c(ccc7c8ccccc8c8c9ccccc9cn8c76)n(-c6ccccc6)c5c3)ccc2c2c3ccccc3cn42)cc1. The molecule has 24 rings (SSSR count). The van der Waals surface area contributed by atoms with Gasteiger partial charge in [0.2, 0.25) is 0 Å². The molecule has 0 aliphatic rings. The number of fused-ring (bicyclic) bond motifs is 35. The van der Waals surface area contributed by atoms with E-state index < -0.39 is 0 Å². The number of aromatic nitrogens is 6. The third kappa shape index (κ3) is 7.20. The van der Waals surface area contributed by atoms with Crippen LogP contribution in [0.25, 0.3) is 219 Å². The predicted molar refractivity (Wildman–Crippen MR) is 431 cm³/mol. The minimum Gasteiger partial charge on any atom is -0.315 e. The Morgan fingerprint density at radius 3 is 1.25 bits per heavy atom. The van der Waals surface area contributed by atoms with Crippen LogP contribution in [0.15, 0.2) is 340 Å². The lowest BCUT2D eigenvalue weighted by molar-refractivity contribution is 1.18. The maximum absolute atomic E-state index is 2.53. The molecule has 0 spiro atoms. The van der Waals surface area contributed by atoms with Gasteiger partial charge < -0.3 is 26.9 Å². The zero-order valence-corrected chi connectivity index (χ0v) is 55.0. The summed E-state index contributed by atoms with van der Waals surface area (Å²) in [7, 11) is 0. The van der Waals surface area contributed by atoms with E-state index in [1.807, 2.05) is 0 Å². The number of rotatable bonds is 5. The molecule has 0 radical (unpaired) electrons. The highest BCUT2D eigenvalue weighted by Crippen LogP contribution is 2.48. The second-order valence-corrected chi connectivity index (χ2v) is 28.0. The monoisotopic (exact) mass is 1290 g/mol. The van der Waals surface area contributed by atoms with E-state index in [9.17, 15) is 0 Å². The van der Waals surface area contributed by atoms with Crippen molar-refractivity contribution in [3.63, 3.8) is 0 Å². The Bertz CT molecular complexity index is 7860. The van der Waals surface area contributed by atoms with Gasteiger partial charge in [-0.2, -0.15) is 0 Å². The van der Waals surface area contributed by atoms with Gasteiger partial charge in [-0.05, 0) is 129 Å². The molecular weight excluding hydrogens is 1240 g/mol. The van der Waals surface area contributed by atoms with E-state index in [0.717, 1.165) is 55.9 Å². The highest BCUT2D eigenvalue weighted by Gasteiger charge is 2.26. The maximum atomic E-state index is 2.53. The number of hydrogen-bond acceptors (Lipinski definition) is 0. The molecule has 6 nitrogen and oxygen atoms in total. The lowest BCUT2D eigenvalue weighted by Crippen LogP contribution is -1.97. The van der Waals surface area contributed by atoms with Gasteiger partial charge in [0, 0.05) is 133 Å². The van der Waals surface area contributed by atoms with Crippen molar-refractivity contribution >= 4 is 179 Å². The topological polar surface area (TPSA) is 28.0 Å². The van der Waals surface area contributed by atoms with E-state index in [1.165, 1.54) is 163 Å². The molecule has 24 aromatic rings. The summed E-state index contributed by atoms with van der Waals surface area (Å²) in [6.45, 7) is 0. The van der Waals surface area contributed by atoms with Crippen molar-refractivity contribution in [3.05, 3.63) is 340 Å². The van der Waals surface area contributed by atoms with Crippen molar-refractivity contribution in [2.45, 2.75) is 0 Å². The molecule has 0 unspecified atom stereocenters. The first kappa shape index (κ1) is 54.3. The summed E-state index contributed by atoms with van der Waals surface area (Å²) in [5, 5.41) is 25.9. The predicted octanol–water partition coefficient (Wildman–Crippen LogP) is 25.4. The molecule has 0 aliphatic carbocycles. The minimum absolute atomic E-state index is 1.12. The standard InChI is InChI=1S/C96H56N6/c1-3-24-64(25-4-1)100-84-45-40-59(57-23-19-28-66(48-57)102-83-37-18-17-33-71(83)76-43-46-85-90(96(76)102)72-34-14-16-36-74(72)92-67-29-10-7-20-61(67)54-97(85)92)50-80(84)82-52-87-81(53-89(82)100)79-49-58(38-41-77(79)93-68-30-11-8-21-62(68)55-98(87)93)60-39-42-78-88(51-60)101(65-26-5-2-6-27-65)86-47-44-75-70-32-13-15-35-73(70)94-69-31-12-9-22-63(69)56-99(94)95(75)91(78)86/h1-56H. The van der Waals surface area contributed by atoms with E-state index in [1.54, 1.807) is 0 Å². The lowest BCUT2D eigenvalue weighted by Gasteiger charge is -2.15. The van der Waals surface area contributed by atoms with E-state index >= 15 is 0 Å². The average Bonchev–Trinajstić information content (AvgIpc) is 1.50. The highest BCUT2D eigenvalue weighted by atomic mass is 15.0. The van der Waals surface area contributed by atoms with E-state index in [2.05, 4.69) is 367 Å². The molecule has 6 heteroatoms. The Hall–Kier alpha value is -13.7. The van der Waals surface area contributed by atoms with Crippen LogP contribution in [-0.4, -0.2) is 26.9 Å². The summed E-state index contributed by atoms with van der Waals surface area (Å²) in [5.74, 6) is 0. The Morgan fingerprint density at radius 2 is 0.559 bits per heavy atom. The Kier molecular flexibility index (Phi) is 10.7. The molecule has 0 aliphatic heterocycles. The number of pyridine rings is 3. The summed E-state index contributed by atoms with van der Waals surface area (Å²) < 4.78 is 14.9. The smallest absolute Gasteiger partial charge is 0.0640 e. The summed E-state index contributed by atoms with van der Waals surface area (Å²) in [6.07, 6.45) is 7.04. The molecular formula is C96H56N6. The molecule has 470 valence electrons. The molecule has 0 bridgehead atoms. The van der Waals surface area contributed by atoms with Crippen LogP contribution in [0.1, 0.15) is 0 Å². The van der Waals surface area contributed by atoms with Crippen molar-refractivity contribution in [1.82, 2.24) is 26.9 Å². The normalized spacial score (nSPS) is 12.5. The van der Waals surface area contributed by atoms with Crippen molar-refractivity contribution < 1.29 is 0 Å². The van der Waals surface area contributed by atoms with E-state index in [0.29, 0.717) is 0 Å². The van der Waals surface area contributed by atoms with Gasteiger partial charge in [0.1, 0.15) is 0 Å². The lowest BCUT2D eigenvalue weighted by atomic mass is 9.96. The van der Waals surface area contributed by atoms with E-state index in [4.69, 9.17) is 0 Å². The Labute approximate surface area is 582 Å². The fraction of sp³-hybridized carbons (Fsp3) is 0. The summed E-state index contributed by atoms with van der Waals surface area (Å²) in [5.41, 5.74) is 22.3. The van der Waals surface area contributed by atoms with Crippen LogP contribution >= 0.6 is 0 Å².